The summed E-state index contributed by atoms with van der Waals surface area (Å²) in [6, 6.07) is -3.93. The maximum atomic E-state index is 11.8. The molecule has 0 aromatic carbocycles. The van der Waals surface area contributed by atoms with E-state index >= 15 is 0 Å². The molecule has 1 N–H and O–H groups in total. The predicted molar refractivity (Wildman–Crippen MR) is 99.2 cm³/mol. The molecule has 0 amide bonds. The van der Waals surface area contributed by atoms with Crippen LogP contribution in [0.5, 0.6) is 0 Å². The van der Waals surface area contributed by atoms with Crippen molar-refractivity contribution in [3.05, 3.63) is 0 Å². The number of aliphatic carboxylic acids is 1. The largest absolute Gasteiger partial charge is 0.481 e. The van der Waals surface area contributed by atoms with Gasteiger partial charge in [-0.25, -0.2) is 0 Å². The minimum atomic E-state index is -7.05. The summed E-state index contributed by atoms with van der Waals surface area (Å²) in [6.07, 6.45) is 0.208. The van der Waals surface area contributed by atoms with E-state index in [1.807, 2.05) is 0 Å². The zero-order valence-corrected chi connectivity index (χ0v) is 11.0. The molecule has 0 fully saturated rings. The second-order valence-electron chi connectivity index (χ2n) is 2.64. The highest BCUT2D eigenvalue weighted by molar-refractivity contribution is 9.09. The molecule has 0 aromatic heterocycles. The van der Waals surface area contributed by atoms with E-state index < -0.39 is 33.4 Å². The van der Waals surface area contributed by atoms with E-state index in [1.54, 1.807) is 0 Å². The van der Waals surface area contributed by atoms with Crippen LogP contribution in [-0.2, 0) is 19.8 Å². The lowest BCUT2D eigenvalue weighted by molar-refractivity contribution is -0.190. The summed E-state index contributed by atoms with van der Waals surface area (Å²) in [6.45, 7) is 0. The number of halogens is 7. The van der Waals surface area contributed by atoms with Gasteiger partial charge in [-0.2, -0.15) is 30.4 Å². The van der Waals surface area contributed by atoms with E-state index in [-0.39, 0.29) is 58.4 Å². The van der Waals surface area contributed by atoms with E-state index in [0.717, 1.165) is 0 Å². The van der Waals surface area contributed by atoms with Crippen molar-refractivity contribution in [3.8, 4) is 0 Å². The number of hydrogen-bond donors (Lipinski definition) is 1. The Morgan fingerprint density at radius 3 is 1.19 bits per heavy atom. The third-order valence-electron chi connectivity index (χ3n) is 1.23. The van der Waals surface area contributed by atoms with E-state index in [2.05, 4.69) is 15.9 Å². The summed E-state index contributed by atoms with van der Waals surface area (Å²) in [5.41, 5.74) is 0. The van der Waals surface area contributed by atoms with Crippen LogP contribution in [0.1, 0.15) is 58.4 Å². The Labute approximate surface area is 162 Å². The van der Waals surface area contributed by atoms with Gasteiger partial charge >= 0.3 is 33.4 Å². The summed E-state index contributed by atoms with van der Waals surface area (Å²) >= 11 is 2.97. The van der Waals surface area contributed by atoms with Crippen LogP contribution in [0.3, 0.4) is 0 Å². The van der Waals surface area contributed by atoms with Crippen molar-refractivity contribution < 1.29 is 49.0 Å². The van der Waals surface area contributed by atoms with E-state index in [9.17, 15) is 43.8 Å². The number of carboxylic acids is 1. The van der Waals surface area contributed by atoms with Crippen LogP contribution in [0, 0.1) is 0 Å². The second kappa shape index (κ2) is 20.5. The molecule has 0 atom stereocenters. The van der Waals surface area contributed by atoms with Crippen molar-refractivity contribution in [1.29, 1.82) is 0 Å². The fourth-order valence-corrected chi connectivity index (χ4v) is 1.07. The first-order valence-corrected chi connectivity index (χ1v) is 6.39. The van der Waals surface area contributed by atoms with Gasteiger partial charge in [-0.1, -0.05) is 71.8 Å². The SMILES string of the molecule is C.C.C.C.C.C.C.O=C(F)C(F)(F)C(F)(F)S(=O)(=O)F.O=C(O)CCBr. The molecule has 0 spiro atoms. The molecule has 170 valence electrons. The average Bonchev–Trinajstić information content (AvgIpc) is 2.15. The van der Waals surface area contributed by atoms with E-state index in [1.165, 1.54) is 0 Å². The lowest BCUT2D eigenvalue weighted by atomic mass is 10.4. The molecule has 26 heavy (non-hydrogen) atoms. The van der Waals surface area contributed by atoms with E-state index in [0.29, 0.717) is 5.33 Å². The fraction of sp³-hybridized carbons (Fsp3) is 0.846. The van der Waals surface area contributed by atoms with Crippen molar-refractivity contribution in [3.63, 3.8) is 0 Å². The maximum Gasteiger partial charge on any atom is 0.446 e. The molecule has 5 nitrogen and oxygen atoms in total. The number of carboxylic acid groups (broad SMARTS) is 1. The zero-order chi connectivity index (χ0) is 16.1. The Hall–Kier alpha value is -0.850. The lowest BCUT2D eigenvalue weighted by Gasteiger charge is -2.17. The minimum Gasteiger partial charge on any atom is -0.481 e. The van der Waals surface area contributed by atoms with Crippen molar-refractivity contribution in [2.24, 2.45) is 0 Å². The Bertz CT molecular complexity index is 444. The number of carbonyl (C=O) groups is 2. The lowest BCUT2D eigenvalue weighted by Crippen LogP contribution is -2.49. The molecule has 0 aliphatic carbocycles. The van der Waals surface area contributed by atoms with Crippen molar-refractivity contribution >= 4 is 38.2 Å². The highest BCUT2D eigenvalue weighted by Gasteiger charge is 2.71. The minimum absolute atomic E-state index is 0. The molecule has 0 heterocycles. The normalized spacial score (nSPS) is 9.04. The van der Waals surface area contributed by atoms with Gasteiger partial charge in [-0.15, -0.1) is 0 Å². The molecular formula is C13H33BrF6O5S. The Morgan fingerprint density at radius 1 is 0.885 bits per heavy atom. The zero-order valence-electron chi connectivity index (χ0n) is 8.55. The van der Waals surface area contributed by atoms with Gasteiger partial charge in [0.05, 0.1) is 6.42 Å². The molecule has 0 radical (unpaired) electrons. The van der Waals surface area contributed by atoms with Gasteiger partial charge in [0.1, 0.15) is 0 Å². The molecule has 0 saturated carbocycles. The third-order valence-corrected chi connectivity index (χ3v) is 2.49. The van der Waals surface area contributed by atoms with Gasteiger partial charge in [0.25, 0.3) is 0 Å². The smallest absolute Gasteiger partial charge is 0.446 e. The highest BCUT2D eigenvalue weighted by atomic mass is 79.9. The first-order chi connectivity index (χ1) is 8.21. The molecule has 0 bridgehead atoms. The number of hydrogen-bond acceptors (Lipinski definition) is 4. The standard InChI is InChI=1S/C3H5BrO2.C3F6O3S.7CH4/c4-2-1-3(5)6;4-1(10)2(5,6)3(7,8)13(9,11)12;;;;;;;/h1-2H2,(H,5,6);;7*1H4. The van der Waals surface area contributed by atoms with Gasteiger partial charge < -0.3 is 5.11 Å². The second-order valence-corrected chi connectivity index (χ2v) is 4.82. The van der Waals surface area contributed by atoms with Crippen LogP contribution < -0.4 is 0 Å². The van der Waals surface area contributed by atoms with Gasteiger partial charge in [-0.05, 0) is 0 Å². The summed E-state index contributed by atoms with van der Waals surface area (Å²) in [4.78, 5) is 18.8. The van der Waals surface area contributed by atoms with Crippen LogP contribution in [0.25, 0.3) is 0 Å². The Kier molecular flexibility index (Phi) is 44.3. The Balaban J connectivity index is -0.0000000285. The van der Waals surface area contributed by atoms with E-state index in [4.69, 9.17) is 5.11 Å². The summed E-state index contributed by atoms with van der Waals surface area (Å²) < 4.78 is 88.5. The topological polar surface area (TPSA) is 88.5 Å². The molecule has 0 rings (SSSR count). The van der Waals surface area contributed by atoms with Gasteiger partial charge in [0, 0.05) is 5.33 Å². The van der Waals surface area contributed by atoms with Crippen molar-refractivity contribution in [2.75, 3.05) is 5.33 Å². The fourth-order valence-electron chi connectivity index (χ4n) is 0.348. The molecule has 0 saturated heterocycles. The van der Waals surface area contributed by atoms with Gasteiger partial charge in [0.15, 0.2) is 0 Å². The number of carbonyl (C=O) groups excluding carboxylic acids is 1. The Morgan fingerprint density at radius 2 is 1.15 bits per heavy atom. The maximum absolute atomic E-state index is 11.8. The summed E-state index contributed by atoms with van der Waals surface area (Å²) in [5, 5.41) is 2.03. The summed E-state index contributed by atoms with van der Waals surface area (Å²) in [5.74, 6) is -6.98. The first-order valence-electron chi connectivity index (χ1n) is 3.89. The van der Waals surface area contributed by atoms with Gasteiger partial charge in [0.2, 0.25) is 0 Å². The predicted octanol–water partition coefficient (Wildman–Crippen LogP) is 6.32. The number of alkyl halides is 5. The molecule has 0 aliphatic rings. The van der Waals surface area contributed by atoms with Crippen LogP contribution in [0.2, 0.25) is 0 Å². The van der Waals surface area contributed by atoms with Crippen LogP contribution in [0.4, 0.5) is 25.8 Å². The molecule has 0 aliphatic heterocycles. The average molecular weight is 495 g/mol. The number of rotatable bonds is 5. The first kappa shape index (κ1) is 56.2. The van der Waals surface area contributed by atoms with Crippen molar-refractivity contribution in [2.45, 2.75) is 69.6 Å². The highest BCUT2D eigenvalue weighted by Crippen LogP contribution is 2.40. The third kappa shape index (κ3) is 16.6. The molecular weight excluding hydrogens is 462 g/mol. The van der Waals surface area contributed by atoms with Crippen LogP contribution in [0.15, 0.2) is 0 Å². The monoisotopic (exact) mass is 494 g/mol. The quantitative estimate of drug-likeness (QED) is 0.274. The van der Waals surface area contributed by atoms with Gasteiger partial charge in [-0.3, -0.25) is 9.59 Å². The van der Waals surface area contributed by atoms with Crippen LogP contribution in [-0.4, -0.2) is 42.0 Å². The van der Waals surface area contributed by atoms with Crippen LogP contribution >= 0.6 is 15.9 Å². The molecule has 13 heteroatoms. The molecule has 0 unspecified atom stereocenters. The van der Waals surface area contributed by atoms with Crippen molar-refractivity contribution in [1.82, 2.24) is 0 Å². The summed E-state index contributed by atoms with van der Waals surface area (Å²) in [7, 11) is -7.05. The molecule has 0 aromatic rings.